The summed E-state index contributed by atoms with van der Waals surface area (Å²) in [4.78, 5) is 13.3. The van der Waals surface area contributed by atoms with Crippen LogP contribution in [0.5, 0.6) is 0 Å². The molecular formula is C20H20ClN5O. The number of hydrogen-bond acceptors (Lipinski definition) is 4. The highest BCUT2D eigenvalue weighted by Gasteiger charge is 2.42. The molecule has 0 bridgehead atoms. The monoisotopic (exact) mass is 381 g/mol. The number of nitrogens with one attached hydrogen (secondary N) is 1. The predicted molar refractivity (Wildman–Crippen MR) is 104 cm³/mol. The quantitative estimate of drug-likeness (QED) is 0.741. The zero-order chi connectivity index (χ0) is 18.9. The number of halogens is 1. The van der Waals surface area contributed by atoms with Crippen LogP contribution in [0, 0.1) is 0 Å². The maximum Gasteiger partial charge on any atom is 0.235 e. The second-order valence-corrected chi connectivity index (χ2v) is 7.40. The van der Waals surface area contributed by atoms with Crippen LogP contribution in [0.25, 0.3) is 11.4 Å². The van der Waals surface area contributed by atoms with Crippen LogP contribution in [0.4, 0.5) is 5.69 Å². The van der Waals surface area contributed by atoms with Gasteiger partial charge < -0.3 is 5.32 Å². The Kier molecular flexibility index (Phi) is 4.66. The fourth-order valence-corrected chi connectivity index (χ4v) is 4.06. The van der Waals surface area contributed by atoms with Crippen molar-refractivity contribution in [1.82, 2.24) is 20.2 Å². The summed E-state index contributed by atoms with van der Waals surface area (Å²) in [5, 5.41) is 15.3. The molecule has 1 fully saturated rings. The number of benzene rings is 2. The highest BCUT2D eigenvalue weighted by Crippen LogP contribution is 2.42. The highest BCUT2D eigenvalue weighted by molar-refractivity contribution is 6.30. The third kappa shape index (κ3) is 3.32. The molecule has 0 aliphatic heterocycles. The fraction of sp³-hybridized carbons (Fsp3) is 0.300. The van der Waals surface area contributed by atoms with Gasteiger partial charge in [0, 0.05) is 23.3 Å². The van der Waals surface area contributed by atoms with E-state index in [-0.39, 0.29) is 5.91 Å². The Morgan fingerprint density at radius 2 is 1.93 bits per heavy atom. The van der Waals surface area contributed by atoms with E-state index in [1.807, 2.05) is 48.5 Å². The van der Waals surface area contributed by atoms with Crippen LogP contribution in [0.1, 0.15) is 31.2 Å². The average molecular weight is 382 g/mol. The Balaban J connectivity index is 1.64. The van der Waals surface area contributed by atoms with Crippen molar-refractivity contribution in [2.45, 2.75) is 31.1 Å². The highest BCUT2D eigenvalue weighted by atomic mass is 35.5. The van der Waals surface area contributed by atoms with Gasteiger partial charge in [0.05, 0.1) is 5.41 Å². The van der Waals surface area contributed by atoms with E-state index in [1.54, 1.807) is 11.7 Å². The summed E-state index contributed by atoms with van der Waals surface area (Å²) >= 11 is 6.19. The van der Waals surface area contributed by atoms with Crippen molar-refractivity contribution >= 4 is 23.2 Å². The number of hydrogen-bond donors (Lipinski definition) is 1. The first-order valence-electron chi connectivity index (χ1n) is 8.99. The normalized spacial score (nSPS) is 15.6. The molecule has 1 N–H and O–H groups in total. The molecule has 6 nitrogen and oxygen atoms in total. The van der Waals surface area contributed by atoms with Crippen LogP contribution in [0.15, 0.2) is 48.5 Å². The van der Waals surface area contributed by atoms with Crippen LogP contribution >= 0.6 is 11.6 Å². The molecule has 1 saturated carbocycles. The van der Waals surface area contributed by atoms with Crippen molar-refractivity contribution < 1.29 is 4.79 Å². The van der Waals surface area contributed by atoms with Gasteiger partial charge in [-0.2, -0.15) is 0 Å². The molecule has 138 valence electrons. The number of amides is 1. The second kappa shape index (κ2) is 7.12. The van der Waals surface area contributed by atoms with Crippen LogP contribution in [-0.2, 0) is 17.3 Å². The number of carbonyl (C=O) groups is 1. The third-order valence-corrected chi connectivity index (χ3v) is 5.50. The molecule has 1 heterocycles. The lowest BCUT2D eigenvalue weighted by molar-refractivity contribution is -0.121. The smallest absolute Gasteiger partial charge is 0.235 e. The Hall–Kier alpha value is -2.73. The summed E-state index contributed by atoms with van der Waals surface area (Å²) in [6.07, 6.45) is 3.72. The first-order valence-corrected chi connectivity index (χ1v) is 9.37. The zero-order valence-corrected chi connectivity index (χ0v) is 15.8. The van der Waals surface area contributed by atoms with Crippen molar-refractivity contribution in [3.05, 3.63) is 59.1 Å². The Bertz CT molecular complexity index is 978. The number of rotatable bonds is 4. The summed E-state index contributed by atoms with van der Waals surface area (Å²) in [6, 6.07) is 15.2. The van der Waals surface area contributed by atoms with E-state index in [1.165, 1.54) is 0 Å². The number of nitrogens with zero attached hydrogens (tertiary/aromatic N) is 4. The summed E-state index contributed by atoms with van der Waals surface area (Å²) < 4.78 is 1.60. The molecule has 0 unspecified atom stereocenters. The molecular weight excluding hydrogens is 362 g/mol. The molecule has 4 rings (SSSR count). The lowest BCUT2D eigenvalue weighted by atomic mass is 9.78. The first-order chi connectivity index (χ1) is 13.1. The number of anilines is 1. The molecule has 1 aromatic heterocycles. The van der Waals surface area contributed by atoms with Crippen molar-refractivity contribution in [2.24, 2.45) is 7.05 Å². The van der Waals surface area contributed by atoms with E-state index < -0.39 is 5.41 Å². The first kappa shape index (κ1) is 17.7. The van der Waals surface area contributed by atoms with Crippen molar-refractivity contribution in [2.75, 3.05) is 5.32 Å². The van der Waals surface area contributed by atoms with E-state index in [0.29, 0.717) is 10.8 Å². The molecule has 7 heteroatoms. The number of aromatic nitrogens is 4. The Labute approximate surface area is 162 Å². The minimum absolute atomic E-state index is 0.00973. The van der Waals surface area contributed by atoms with Gasteiger partial charge >= 0.3 is 0 Å². The molecule has 0 radical (unpaired) electrons. The molecule has 1 amide bonds. The molecule has 0 atom stereocenters. The summed E-state index contributed by atoms with van der Waals surface area (Å²) in [6.45, 7) is 0. The summed E-state index contributed by atoms with van der Waals surface area (Å²) in [7, 11) is 1.78. The maximum absolute atomic E-state index is 13.3. The molecule has 1 aliphatic carbocycles. The maximum atomic E-state index is 13.3. The molecule has 27 heavy (non-hydrogen) atoms. The number of aryl methyl sites for hydroxylation is 1. The van der Waals surface area contributed by atoms with Crippen molar-refractivity contribution in [3.8, 4) is 11.4 Å². The minimum Gasteiger partial charge on any atom is -0.325 e. The van der Waals surface area contributed by atoms with E-state index in [4.69, 9.17) is 11.6 Å². The van der Waals surface area contributed by atoms with Crippen LogP contribution < -0.4 is 5.32 Å². The molecule has 3 aromatic rings. The van der Waals surface area contributed by atoms with Gasteiger partial charge in [-0.25, -0.2) is 4.68 Å². The second-order valence-electron chi connectivity index (χ2n) is 6.96. The average Bonchev–Trinajstić information content (AvgIpc) is 3.32. The fourth-order valence-electron chi connectivity index (χ4n) is 3.87. The lowest BCUT2D eigenvalue weighted by Crippen LogP contribution is -2.38. The SMILES string of the molecule is Cn1nnnc1-c1cccc(NC(=O)C2(c3cccc(Cl)c3)CCCC2)c1. The van der Waals surface area contributed by atoms with Gasteiger partial charge in [0.25, 0.3) is 0 Å². The van der Waals surface area contributed by atoms with E-state index >= 15 is 0 Å². The lowest BCUT2D eigenvalue weighted by Gasteiger charge is -2.28. The Morgan fingerprint density at radius 3 is 2.63 bits per heavy atom. The van der Waals surface area contributed by atoms with Gasteiger partial charge in [0.15, 0.2) is 5.82 Å². The predicted octanol–water partition coefficient (Wildman–Crippen LogP) is 3.98. The van der Waals surface area contributed by atoms with Gasteiger partial charge in [-0.15, -0.1) is 5.10 Å². The standard InChI is InChI=1S/C20H20ClN5O/c1-26-18(23-24-25-26)14-6-4-9-17(12-14)22-19(27)20(10-2-3-11-20)15-7-5-8-16(21)13-15/h4-9,12-13H,2-3,10-11H2,1H3,(H,22,27). The van der Waals surface area contributed by atoms with Crippen LogP contribution in [0.2, 0.25) is 5.02 Å². The van der Waals surface area contributed by atoms with Crippen LogP contribution in [0.3, 0.4) is 0 Å². The van der Waals surface area contributed by atoms with Gasteiger partial charge in [0.2, 0.25) is 5.91 Å². The molecule has 2 aromatic carbocycles. The van der Waals surface area contributed by atoms with E-state index in [2.05, 4.69) is 20.8 Å². The Morgan fingerprint density at radius 1 is 1.15 bits per heavy atom. The van der Waals surface area contributed by atoms with Gasteiger partial charge in [-0.1, -0.05) is 48.7 Å². The molecule has 0 spiro atoms. The van der Waals surface area contributed by atoms with E-state index in [0.717, 1.165) is 42.5 Å². The third-order valence-electron chi connectivity index (χ3n) is 5.27. The summed E-state index contributed by atoms with van der Waals surface area (Å²) in [5.74, 6) is 0.659. The molecule has 0 saturated heterocycles. The van der Waals surface area contributed by atoms with Gasteiger partial charge in [-0.3, -0.25) is 4.79 Å². The minimum atomic E-state index is -0.534. The van der Waals surface area contributed by atoms with Crippen molar-refractivity contribution in [1.29, 1.82) is 0 Å². The molecule has 1 aliphatic rings. The van der Waals surface area contributed by atoms with E-state index in [9.17, 15) is 4.79 Å². The van der Waals surface area contributed by atoms with Crippen LogP contribution in [-0.4, -0.2) is 26.1 Å². The number of carbonyl (C=O) groups excluding carboxylic acids is 1. The largest absolute Gasteiger partial charge is 0.325 e. The topological polar surface area (TPSA) is 72.7 Å². The zero-order valence-electron chi connectivity index (χ0n) is 15.0. The van der Waals surface area contributed by atoms with Gasteiger partial charge in [-0.05, 0) is 53.1 Å². The van der Waals surface area contributed by atoms with Gasteiger partial charge in [0.1, 0.15) is 0 Å². The number of tetrazole rings is 1. The van der Waals surface area contributed by atoms with Crippen molar-refractivity contribution in [3.63, 3.8) is 0 Å². The summed E-state index contributed by atoms with van der Waals surface area (Å²) in [5.41, 5.74) is 2.03.